The third-order valence-corrected chi connectivity index (χ3v) is 5.91. The lowest BCUT2D eigenvalue weighted by Crippen LogP contribution is -2.63. The average Bonchev–Trinajstić information content (AvgIpc) is 2.39. The number of rotatable bonds is 7. The van der Waals surface area contributed by atoms with E-state index in [4.69, 9.17) is 0 Å². The van der Waals surface area contributed by atoms with Gasteiger partial charge >= 0.3 is 0 Å². The molecule has 1 saturated carbocycles. The van der Waals surface area contributed by atoms with Gasteiger partial charge in [0.2, 0.25) is 0 Å². The molecule has 0 bridgehead atoms. The van der Waals surface area contributed by atoms with Crippen LogP contribution in [0.5, 0.6) is 0 Å². The summed E-state index contributed by atoms with van der Waals surface area (Å²) in [6.07, 6.45) is 11.3. The summed E-state index contributed by atoms with van der Waals surface area (Å²) >= 11 is 0. The third-order valence-electron chi connectivity index (χ3n) is 5.91. The Hall–Kier alpha value is -0.120. The summed E-state index contributed by atoms with van der Waals surface area (Å²) in [6.45, 7) is 8.72. The van der Waals surface area contributed by atoms with Crippen LogP contribution >= 0.6 is 0 Å². The molecule has 0 radical (unpaired) electrons. The molecule has 1 aliphatic carbocycles. The van der Waals surface area contributed by atoms with E-state index < -0.39 is 0 Å². The van der Waals surface area contributed by atoms with E-state index in [0.29, 0.717) is 0 Å². The number of hydrogen-bond acceptors (Lipinski definition) is 3. The van der Waals surface area contributed by atoms with Gasteiger partial charge < -0.3 is 10.6 Å². The molecule has 20 heavy (non-hydrogen) atoms. The van der Waals surface area contributed by atoms with E-state index in [1.807, 2.05) is 0 Å². The summed E-state index contributed by atoms with van der Waals surface area (Å²) in [5, 5.41) is 7.20. The van der Waals surface area contributed by atoms with E-state index in [-0.39, 0.29) is 0 Å². The summed E-state index contributed by atoms with van der Waals surface area (Å²) in [5.74, 6) is 0. The van der Waals surface area contributed by atoms with Gasteiger partial charge in [0, 0.05) is 38.3 Å². The number of unbranched alkanes of at least 4 members (excludes halogenated alkanes) is 3. The first-order chi connectivity index (χ1) is 9.81. The van der Waals surface area contributed by atoms with Gasteiger partial charge in [-0.1, -0.05) is 26.2 Å². The van der Waals surface area contributed by atoms with E-state index in [1.165, 1.54) is 84.1 Å². The molecule has 0 unspecified atom stereocenters. The zero-order valence-corrected chi connectivity index (χ0v) is 13.3. The highest BCUT2D eigenvalue weighted by Crippen LogP contribution is 2.41. The Morgan fingerprint density at radius 3 is 2.45 bits per heavy atom. The van der Waals surface area contributed by atoms with Crippen molar-refractivity contribution < 1.29 is 0 Å². The van der Waals surface area contributed by atoms with Crippen LogP contribution in [0.25, 0.3) is 0 Å². The summed E-state index contributed by atoms with van der Waals surface area (Å²) in [4.78, 5) is 2.74. The Kier molecular flexibility index (Phi) is 5.00. The molecular weight excluding hydrogens is 246 g/mol. The first-order valence-corrected chi connectivity index (χ1v) is 8.99. The van der Waals surface area contributed by atoms with Crippen LogP contribution in [0.4, 0.5) is 0 Å². The molecule has 3 heteroatoms. The standard InChI is InChI=1S/C17H33N3/c1-2-3-4-5-10-19-15-11-20(12-15)16-6-8-17(9-7-16)13-18-14-17/h15-16,18-19H,2-14H2,1H3. The largest absolute Gasteiger partial charge is 0.316 e. The fraction of sp³-hybridized carbons (Fsp3) is 1.00. The molecule has 3 rings (SSSR count). The Bertz CT molecular complexity index is 285. The van der Waals surface area contributed by atoms with Gasteiger partial charge in [0.25, 0.3) is 0 Å². The smallest absolute Gasteiger partial charge is 0.0322 e. The van der Waals surface area contributed by atoms with Gasteiger partial charge in [-0.05, 0) is 44.1 Å². The van der Waals surface area contributed by atoms with E-state index in [9.17, 15) is 0 Å². The van der Waals surface area contributed by atoms with Gasteiger partial charge in [0.1, 0.15) is 0 Å². The predicted octanol–water partition coefficient (Wildman–Crippen LogP) is 2.37. The lowest BCUT2D eigenvalue weighted by atomic mass is 9.68. The first-order valence-electron chi connectivity index (χ1n) is 8.99. The monoisotopic (exact) mass is 279 g/mol. The molecular formula is C17H33N3. The van der Waals surface area contributed by atoms with Crippen LogP contribution in [-0.4, -0.2) is 49.7 Å². The maximum atomic E-state index is 3.73. The zero-order chi connectivity index (χ0) is 13.8. The Balaban J connectivity index is 1.25. The summed E-state index contributed by atoms with van der Waals surface area (Å²) in [6, 6.07) is 1.69. The molecule has 0 aromatic heterocycles. The van der Waals surface area contributed by atoms with Crippen molar-refractivity contribution in [2.75, 3.05) is 32.7 Å². The second-order valence-corrected chi connectivity index (χ2v) is 7.50. The van der Waals surface area contributed by atoms with E-state index in [1.54, 1.807) is 0 Å². The average molecular weight is 279 g/mol. The van der Waals surface area contributed by atoms with Crippen LogP contribution in [0.1, 0.15) is 58.3 Å². The molecule has 116 valence electrons. The molecule has 0 aromatic carbocycles. The molecule has 0 amide bonds. The van der Waals surface area contributed by atoms with E-state index >= 15 is 0 Å². The van der Waals surface area contributed by atoms with Gasteiger partial charge in [0.15, 0.2) is 0 Å². The van der Waals surface area contributed by atoms with Crippen molar-refractivity contribution in [1.29, 1.82) is 0 Å². The number of nitrogens with one attached hydrogen (secondary N) is 2. The van der Waals surface area contributed by atoms with E-state index in [2.05, 4.69) is 22.5 Å². The lowest BCUT2D eigenvalue weighted by molar-refractivity contribution is 0.00916. The molecule has 0 aromatic rings. The molecule has 3 fully saturated rings. The Morgan fingerprint density at radius 2 is 1.85 bits per heavy atom. The van der Waals surface area contributed by atoms with Crippen molar-refractivity contribution in [3.63, 3.8) is 0 Å². The van der Waals surface area contributed by atoms with Crippen LogP contribution < -0.4 is 10.6 Å². The minimum atomic E-state index is 0.721. The van der Waals surface area contributed by atoms with Crippen molar-refractivity contribution in [3.8, 4) is 0 Å². The van der Waals surface area contributed by atoms with Gasteiger partial charge in [-0.25, -0.2) is 0 Å². The van der Waals surface area contributed by atoms with Crippen LogP contribution in [-0.2, 0) is 0 Å². The summed E-state index contributed by atoms with van der Waals surface area (Å²) in [5.41, 5.74) is 0.721. The molecule has 1 spiro atoms. The van der Waals surface area contributed by atoms with Gasteiger partial charge in [0.05, 0.1) is 0 Å². The van der Waals surface area contributed by atoms with Gasteiger partial charge in [-0.3, -0.25) is 4.90 Å². The van der Waals surface area contributed by atoms with Gasteiger partial charge in [-0.15, -0.1) is 0 Å². The highest BCUT2D eigenvalue weighted by molar-refractivity contribution is 4.99. The summed E-state index contributed by atoms with van der Waals surface area (Å²) < 4.78 is 0. The zero-order valence-electron chi connectivity index (χ0n) is 13.3. The Labute approximate surface area is 124 Å². The molecule has 2 N–H and O–H groups in total. The molecule has 3 aliphatic rings. The minimum absolute atomic E-state index is 0.721. The van der Waals surface area contributed by atoms with Crippen molar-refractivity contribution in [2.24, 2.45) is 5.41 Å². The minimum Gasteiger partial charge on any atom is -0.316 e. The van der Waals surface area contributed by atoms with Crippen molar-refractivity contribution in [3.05, 3.63) is 0 Å². The quantitative estimate of drug-likeness (QED) is 0.701. The fourth-order valence-corrected chi connectivity index (χ4v) is 4.21. The predicted molar refractivity (Wildman–Crippen MR) is 85.1 cm³/mol. The third kappa shape index (κ3) is 3.37. The van der Waals surface area contributed by atoms with Crippen molar-refractivity contribution in [1.82, 2.24) is 15.5 Å². The number of nitrogens with zero attached hydrogens (tertiary/aromatic N) is 1. The van der Waals surface area contributed by atoms with Crippen molar-refractivity contribution in [2.45, 2.75) is 70.4 Å². The van der Waals surface area contributed by atoms with Gasteiger partial charge in [-0.2, -0.15) is 0 Å². The highest BCUT2D eigenvalue weighted by atomic mass is 15.3. The Morgan fingerprint density at radius 1 is 1.10 bits per heavy atom. The van der Waals surface area contributed by atoms with Crippen molar-refractivity contribution >= 4 is 0 Å². The number of hydrogen-bond donors (Lipinski definition) is 2. The second kappa shape index (κ2) is 6.76. The molecule has 2 aliphatic heterocycles. The highest BCUT2D eigenvalue weighted by Gasteiger charge is 2.42. The normalized spacial score (nSPS) is 27.4. The van der Waals surface area contributed by atoms with E-state index in [0.717, 1.165) is 17.5 Å². The van der Waals surface area contributed by atoms with Crippen LogP contribution in [0.2, 0.25) is 0 Å². The number of likely N-dealkylation sites (tertiary alicyclic amines) is 1. The molecule has 3 nitrogen and oxygen atoms in total. The first kappa shape index (κ1) is 14.8. The fourth-order valence-electron chi connectivity index (χ4n) is 4.21. The molecule has 2 heterocycles. The molecule has 0 atom stereocenters. The topological polar surface area (TPSA) is 27.3 Å². The van der Waals surface area contributed by atoms with Crippen LogP contribution in [0.3, 0.4) is 0 Å². The maximum absolute atomic E-state index is 3.73. The molecule has 2 saturated heterocycles. The lowest BCUT2D eigenvalue weighted by Gasteiger charge is -2.52. The SMILES string of the molecule is CCCCCCNC1CN(C2CCC3(CC2)CNC3)C1. The van der Waals surface area contributed by atoms with Crippen LogP contribution in [0.15, 0.2) is 0 Å². The summed E-state index contributed by atoms with van der Waals surface area (Å²) in [7, 11) is 0. The maximum Gasteiger partial charge on any atom is 0.0322 e. The van der Waals surface area contributed by atoms with Crippen LogP contribution in [0, 0.1) is 5.41 Å². The second-order valence-electron chi connectivity index (χ2n) is 7.50.